The Morgan fingerprint density at radius 1 is 1.16 bits per heavy atom. The monoisotopic (exact) mass is 343 g/mol. The number of morpholine rings is 2. The third-order valence-corrected chi connectivity index (χ3v) is 5.99. The molecule has 0 saturated carbocycles. The van der Waals surface area contributed by atoms with Crippen LogP contribution in [0.15, 0.2) is 12.3 Å². The number of rotatable bonds is 3. The van der Waals surface area contributed by atoms with Crippen LogP contribution in [0.25, 0.3) is 11.0 Å². The molecule has 3 fully saturated rings. The summed E-state index contributed by atoms with van der Waals surface area (Å²) < 4.78 is 11.3. The lowest BCUT2D eigenvalue weighted by molar-refractivity contribution is 0.0201. The van der Waals surface area contributed by atoms with Crippen molar-refractivity contribution in [3.8, 4) is 0 Å². The van der Waals surface area contributed by atoms with Crippen LogP contribution in [0.4, 0.5) is 5.82 Å². The quantitative estimate of drug-likeness (QED) is 0.915. The number of H-pyrrole nitrogens is 1. The van der Waals surface area contributed by atoms with Crippen LogP contribution in [-0.2, 0) is 9.47 Å². The molecule has 3 aliphatic rings. The zero-order valence-corrected chi connectivity index (χ0v) is 14.6. The summed E-state index contributed by atoms with van der Waals surface area (Å²) in [6.45, 7) is 7.47. The molecule has 3 atom stereocenters. The van der Waals surface area contributed by atoms with Crippen LogP contribution in [0.5, 0.6) is 0 Å². The van der Waals surface area contributed by atoms with Crippen LogP contribution in [0, 0.1) is 0 Å². The van der Waals surface area contributed by atoms with Crippen molar-refractivity contribution in [2.45, 2.75) is 37.9 Å². The molecule has 3 aliphatic heterocycles. The second-order valence-corrected chi connectivity index (χ2v) is 7.36. The minimum absolute atomic E-state index is 0.324. The number of fused-ring (bicyclic) bond motifs is 3. The highest BCUT2D eigenvalue weighted by Gasteiger charge is 2.38. The predicted octanol–water partition coefficient (Wildman–Crippen LogP) is 1.72. The van der Waals surface area contributed by atoms with E-state index in [4.69, 9.17) is 14.5 Å². The molecule has 0 amide bonds. The van der Waals surface area contributed by atoms with Crippen molar-refractivity contribution >= 4 is 16.9 Å². The summed E-state index contributed by atoms with van der Waals surface area (Å²) >= 11 is 0. The Morgan fingerprint density at radius 2 is 1.92 bits per heavy atom. The molecule has 0 radical (unpaired) electrons. The molecular formula is C18H25N5O2. The molecule has 1 N–H and O–H groups in total. The largest absolute Gasteiger partial charge is 0.379 e. The van der Waals surface area contributed by atoms with Crippen molar-refractivity contribution in [3.63, 3.8) is 0 Å². The fourth-order valence-electron chi connectivity index (χ4n) is 4.58. The molecule has 0 aliphatic carbocycles. The molecule has 2 aromatic rings. The van der Waals surface area contributed by atoms with Gasteiger partial charge in [0.1, 0.15) is 5.82 Å². The van der Waals surface area contributed by atoms with Gasteiger partial charge in [-0.2, -0.15) is 5.10 Å². The zero-order chi connectivity index (χ0) is 16.8. The Labute approximate surface area is 147 Å². The third kappa shape index (κ3) is 2.61. The normalized spacial score (nSPS) is 28.6. The van der Waals surface area contributed by atoms with Gasteiger partial charge in [-0.05, 0) is 31.4 Å². The SMILES string of the molecule is CC(c1cc(N2C3CCC2COC3)nc2[nH]ncc12)N1CCOCC1. The fraction of sp³-hybridized carbons (Fsp3) is 0.667. The van der Waals surface area contributed by atoms with Crippen molar-refractivity contribution in [2.75, 3.05) is 44.4 Å². The van der Waals surface area contributed by atoms with Crippen molar-refractivity contribution in [3.05, 3.63) is 17.8 Å². The summed E-state index contributed by atoms with van der Waals surface area (Å²) in [5, 5.41) is 8.47. The van der Waals surface area contributed by atoms with E-state index < -0.39 is 0 Å². The predicted molar refractivity (Wildman–Crippen MR) is 94.8 cm³/mol. The van der Waals surface area contributed by atoms with E-state index >= 15 is 0 Å². The summed E-state index contributed by atoms with van der Waals surface area (Å²) in [7, 11) is 0. The lowest BCUT2D eigenvalue weighted by Crippen LogP contribution is -2.46. The van der Waals surface area contributed by atoms with Gasteiger partial charge in [-0.1, -0.05) is 0 Å². The van der Waals surface area contributed by atoms with E-state index in [2.05, 4.69) is 33.0 Å². The molecule has 134 valence electrons. The zero-order valence-electron chi connectivity index (χ0n) is 14.6. The third-order valence-electron chi connectivity index (χ3n) is 5.99. The molecule has 25 heavy (non-hydrogen) atoms. The Bertz CT molecular complexity index is 741. The van der Waals surface area contributed by atoms with Crippen LogP contribution in [0.2, 0.25) is 0 Å². The van der Waals surface area contributed by atoms with Gasteiger partial charge in [-0.25, -0.2) is 4.98 Å². The molecule has 3 unspecified atom stereocenters. The van der Waals surface area contributed by atoms with Gasteiger partial charge in [-0.15, -0.1) is 0 Å². The number of nitrogens with zero attached hydrogens (tertiary/aromatic N) is 4. The van der Waals surface area contributed by atoms with Gasteiger partial charge in [0, 0.05) is 24.5 Å². The topological polar surface area (TPSA) is 66.5 Å². The highest BCUT2D eigenvalue weighted by Crippen LogP contribution is 2.36. The van der Waals surface area contributed by atoms with Gasteiger partial charge in [-0.3, -0.25) is 10.00 Å². The van der Waals surface area contributed by atoms with E-state index in [9.17, 15) is 0 Å². The summed E-state index contributed by atoms with van der Waals surface area (Å²) in [4.78, 5) is 9.87. The van der Waals surface area contributed by atoms with Crippen LogP contribution < -0.4 is 4.90 Å². The Kier molecular flexibility index (Phi) is 3.87. The van der Waals surface area contributed by atoms with Crippen LogP contribution >= 0.6 is 0 Å². The number of pyridine rings is 1. The fourth-order valence-corrected chi connectivity index (χ4v) is 4.58. The second-order valence-electron chi connectivity index (χ2n) is 7.36. The highest BCUT2D eigenvalue weighted by molar-refractivity contribution is 5.81. The number of hydrogen-bond acceptors (Lipinski definition) is 6. The number of hydrogen-bond donors (Lipinski definition) is 1. The van der Waals surface area contributed by atoms with E-state index in [1.807, 2.05) is 6.20 Å². The molecule has 3 saturated heterocycles. The standard InChI is InChI=1S/C18H25N5O2/c1-12(22-4-6-24-7-5-22)15-8-17(20-18-16(15)9-19-21-18)23-13-2-3-14(23)11-25-10-13/h8-9,12-14H,2-7,10-11H2,1H3,(H,19,20,21). The number of aromatic amines is 1. The summed E-state index contributed by atoms with van der Waals surface area (Å²) in [5.41, 5.74) is 2.19. The smallest absolute Gasteiger partial charge is 0.157 e. The van der Waals surface area contributed by atoms with E-state index in [0.717, 1.165) is 56.4 Å². The minimum atomic E-state index is 0.324. The maximum absolute atomic E-state index is 5.74. The van der Waals surface area contributed by atoms with Crippen LogP contribution in [0.3, 0.4) is 0 Å². The van der Waals surface area contributed by atoms with Gasteiger partial charge in [0.25, 0.3) is 0 Å². The number of aromatic nitrogens is 3. The second kappa shape index (κ2) is 6.23. The number of anilines is 1. The van der Waals surface area contributed by atoms with Crippen molar-refractivity contribution in [2.24, 2.45) is 0 Å². The lowest BCUT2D eigenvalue weighted by atomic mass is 10.0. The highest BCUT2D eigenvalue weighted by atomic mass is 16.5. The average Bonchev–Trinajstić information content (AvgIpc) is 3.22. The van der Waals surface area contributed by atoms with Gasteiger partial charge < -0.3 is 14.4 Å². The molecular weight excluding hydrogens is 318 g/mol. The maximum Gasteiger partial charge on any atom is 0.157 e. The van der Waals surface area contributed by atoms with E-state index in [0.29, 0.717) is 18.1 Å². The Hall–Kier alpha value is -1.70. The van der Waals surface area contributed by atoms with E-state index in [1.165, 1.54) is 18.4 Å². The van der Waals surface area contributed by atoms with Crippen LogP contribution in [0.1, 0.15) is 31.4 Å². The summed E-state index contributed by atoms with van der Waals surface area (Å²) in [6, 6.07) is 3.52. The molecule has 0 aromatic carbocycles. The van der Waals surface area contributed by atoms with Gasteiger partial charge in [0.2, 0.25) is 0 Å². The van der Waals surface area contributed by atoms with Crippen molar-refractivity contribution in [1.29, 1.82) is 0 Å². The minimum Gasteiger partial charge on any atom is -0.379 e. The molecule has 2 bridgehead atoms. The van der Waals surface area contributed by atoms with Gasteiger partial charge in [0.05, 0.1) is 44.7 Å². The molecule has 0 spiro atoms. The number of ether oxygens (including phenoxy) is 2. The molecule has 5 heterocycles. The van der Waals surface area contributed by atoms with Crippen molar-refractivity contribution < 1.29 is 9.47 Å². The van der Waals surface area contributed by atoms with E-state index in [-0.39, 0.29) is 0 Å². The first-order chi connectivity index (χ1) is 12.3. The number of nitrogens with one attached hydrogen (secondary N) is 1. The summed E-state index contributed by atoms with van der Waals surface area (Å²) in [6.07, 6.45) is 4.30. The summed E-state index contributed by atoms with van der Waals surface area (Å²) in [5.74, 6) is 1.07. The molecule has 7 nitrogen and oxygen atoms in total. The lowest BCUT2D eigenvalue weighted by Gasteiger charge is -2.37. The van der Waals surface area contributed by atoms with Gasteiger partial charge in [0.15, 0.2) is 5.65 Å². The first-order valence-electron chi connectivity index (χ1n) is 9.33. The van der Waals surface area contributed by atoms with E-state index in [1.54, 1.807) is 0 Å². The molecule has 2 aromatic heterocycles. The first kappa shape index (κ1) is 15.5. The maximum atomic E-state index is 5.74. The first-order valence-corrected chi connectivity index (χ1v) is 9.33. The van der Waals surface area contributed by atoms with Gasteiger partial charge >= 0.3 is 0 Å². The Morgan fingerprint density at radius 3 is 2.68 bits per heavy atom. The molecule has 7 heteroatoms. The van der Waals surface area contributed by atoms with Crippen molar-refractivity contribution in [1.82, 2.24) is 20.1 Å². The Balaban J connectivity index is 1.55. The molecule has 5 rings (SSSR count). The van der Waals surface area contributed by atoms with Crippen LogP contribution in [-0.4, -0.2) is 71.7 Å². The average molecular weight is 343 g/mol.